The van der Waals surface area contributed by atoms with Gasteiger partial charge < -0.3 is 4.74 Å². The molecule has 0 aromatic carbocycles. The van der Waals surface area contributed by atoms with Crippen molar-refractivity contribution in [3.63, 3.8) is 0 Å². The number of ether oxygens (including phenoxy) is 1. The highest BCUT2D eigenvalue weighted by Gasteiger charge is 2.00. The highest BCUT2D eigenvalue weighted by Crippen LogP contribution is 2.20. The van der Waals surface area contributed by atoms with Crippen molar-refractivity contribution < 1.29 is 4.74 Å². The van der Waals surface area contributed by atoms with Crippen LogP contribution < -0.4 is 4.74 Å². The molecule has 0 atom stereocenters. The van der Waals surface area contributed by atoms with E-state index < -0.39 is 0 Å². The fraction of sp³-hybridized carbons (Fsp3) is 0.200. The SMILES string of the molecule is Cn1cc(Oc2cncc(CCl)c2)cn1. The van der Waals surface area contributed by atoms with E-state index >= 15 is 0 Å². The maximum absolute atomic E-state index is 5.69. The summed E-state index contributed by atoms with van der Waals surface area (Å²) in [6.07, 6.45) is 6.78. The molecule has 0 radical (unpaired) electrons. The summed E-state index contributed by atoms with van der Waals surface area (Å²) in [4.78, 5) is 4.02. The van der Waals surface area contributed by atoms with E-state index in [9.17, 15) is 0 Å². The predicted molar refractivity (Wildman–Crippen MR) is 57.1 cm³/mol. The predicted octanol–water partition coefficient (Wildman–Crippen LogP) is 2.35. The second kappa shape index (κ2) is 4.31. The number of pyridine rings is 1. The van der Waals surface area contributed by atoms with Gasteiger partial charge in [-0.1, -0.05) is 0 Å². The second-order valence-electron chi connectivity index (χ2n) is 3.11. The zero-order valence-corrected chi connectivity index (χ0v) is 8.98. The topological polar surface area (TPSA) is 39.9 Å². The summed E-state index contributed by atoms with van der Waals surface area (Å²) < 4.78 is 7.21. The van der Waals surface area contributed by atoms with Gasteiger partial charge in [-0.3, -0.25) is 9.67 Å². The smallest absolute Gasteiger partial charge is 0.165 e. The normalized spacial score (nSPS) is 10.3. The molecule has 0 amide bonds. The summed E-state index contributed by atoms with van der Waals surface area (Å²) in [5.74, 6) is 1.78. The van der Waals surface area contributed by atoms with Crippen LogP contribution in [0.2, 0.25) is 0 Å². The van der Waals surface area contributed by atoms with Crippen LogP contribution in [0.4, 0.5) is 0 Å². The van der Waals surface area contributed by atoms with Crippen molar-refractivity contribution in [3.05, 3.63) is 36.4 Å². The van der Waals surface area contributed by atoms with Crippen LogP contribution in [0.5, 0.6) is 11.5 Å². The van der Waals surface area contributed by atoms with Crippen molar-refractivity contribution in [2.24, 2.45) is 7.05 Å². The minimum absolute atomic E-state index is 0.428. The van der Waals surface area contributed by atoms with Crippen LogP contribution in [0.1, 0.15) is 5.56 Å². The van der Waals surface area contributed by atoms with Gasteiger partial charge in [-0.05, 0) is 11.6 Å². The molecule has 2 heterocycles. The lowest BCUT2D eigenvalue weighted by Crippen LogP contribution is -1.87. The third kappa shape index (κ3) is 2.47. The number of aryl methyl sites for hydroxylation is 1. The maximum atomic E-state index is 5.69. The zero-order valence-electron chi connectivity index (χ0n) is 8.22. The number of aromatic nitrogens is 3. The molecule has 2 rings (SSSR count). The van der Waals surface area contributed by atoms with E-state index in [1.807, 2.05) is 13.1 Å². The molecule has 0 saturated carbocycles. The molecular weight excluding hydrogens is 214 g/mol. The summed E-state index contributed by atoms with van der Waals surface area (Å²) in [7, 11) is 1.83. The molecule has 2 aromatic rings. The first kappa shape index (κ1) is 9.98. The first-order valence-electron chi connectivity index (χ1n) is 4.44. The molecule has 0 saturated heterocycles. The lowest BCUT2D eigenvalue weighted by Gasteiger charge is -2.02. The molecule has 2 aromatic heterocycles. The molecular formula is C10H10ClN3O. The lowest BCUT2D eigenvalue weighted by atomic mass is 10.3. The third-order valence-electron chi connectivity index (χ3n) is 1.84. The lowest BCUT2D eigenvalue weighted by molar-refractivity contribution is 0.479. The largest absolute Gasteiger partial charge is 0.452 e. The van der Waals surface area contributed by atoms with Gasteiger partial charge in [0, 0.05) is 19.1 Å². The van der Waals surface area contributed by atoms with Crippen LogP contribution in [-0.2, 0) is 12.9 Å². The number of hydrogen-bond acceptors (Lipinski definition) is 3. The van der Waals surface area contributed by atoms with Crippen molar-refractivity contribution in [2.75, 3.05) is 0 Å². The average molecular weight is 224 g/mol. The van der Waals surface area contributed by atoms with Gasteiger partial charge in [-0.2, -0.15) is 5.10 Å². The molecule has 78 valence electrons. The Kier molecular flexibility index (Phi) is 2.87. The van der Waals surface area contributed by atoms with Crippen LogP contribution in [0.25, 0.3) is 0 Å². The summed E-state index contributed by atoms with van der Waals surface area (Å²) in [5, 5.41) is 4.00. The van der Waals surface area contributed by atoms with Crippen molar-refractivity contribution >= 4 is 11.6 Å². The van der Waals surface area contributed by atoms with Gasteiger partial charge in [0.15, 0.2) is 5.75 Å². The fourth-order valence-electron chi connectivity index (χ4n) is 1.18. The molecule has 0 spiro atoms. The average Bonchev–Trinajstić information content (AvgIpc) is 2.64. The Morgan fingerprint density at radius 1 is 1.33 bits per heavy atom. The van der Waals surface area contributed by atoms with Crippen LogP contribution in [0.3, 0.4) is 0 Å². The number of hydrogen-bond donors (Lipinski definition) is 0. The summed E-state index contributed by atoms with van der Waals surface area (Å²) in [6, 6.07) is 1.85. The van der Waals surface area contributed by atoms with Gasteiger partial charge >= 0.3 is 0 Å². The van der Waals surface area contributed by atoms with Gasteiger partial charge in [0.05, 0.1) is 18.6 Å². The number of rotatable bonds is 3. The Balaban J connectivity index is 2.16. The molecule has 15 heavy (non-hydrogen) atoms. The van der Waals surface area contributed by atoms with E-state index in [-0.39, 0.29) is 0 Å². The molecule has 0 bridgehead atoms. The van der Waals surface area contributed by atoms with E-state index in [0.29, 0.717) is 17.4 Å². The van der Waals surface area contributed by atoms with E-state index in [1.54, 1.807) is 29.5 Å². The van der Waals surface area contributed by atoms with E-state index in [4.69, 9.17) is 16.3 Å². The van der Waals surface area contributed by atoms with E-state index in [1.165, 1.54) is 0 Å². The molecule has 0 aliphatic carbocycles. The van der Waals surface area contributed by atoms with Gasteiger partial charge in [0.1, 0.15) is 5.75 Å². The summed E-state index contributed by atoms with van der Waals surface area (Å²) >= 11 is 5.69. The Hall–Kier alpha value is -1.55. The molecule has 4 nitrogen and oxygen atoms in total. The molecule has 0 unspecified atom stereocenters. The van der Waals surface area contributed by atoms with Crippen molar-refractivity contribution in [1.29, 1.82) is 0 Å². The Morgan fingerprint density at radius 2 is 2.20 bits per heavy atom. The highest BCUT2D eigenvalue weighted by molar-refractivity contribution is 6.17. The molecule has 0 aliphatic rings. The Labute approximate surface area is 92.5 Å². The Bertz CT molecular complexity index is 455. The number of halogens is 1. The zero-order chi connectivity index (χ0) is 10.7. The Morgan fingerprint density at radius 3 is 2.87 bits per heavy atom. The molecule has 0 N–H and O–H groups in total. The van der Waals surface area contributed by atoms with Crippen molar-refractivity contribution in [2.45, 2.75) is 5.88 Å². The minimum Gasteiger partial charge on any atom is -0.452 e. The standard InChI is InChI=1S/C10H10ClN3O/c1-14-7-10(6-13-14)15-9-2-8(3-11)4-12-5-9/h2,4-7H,3H2,1H3. The minimum atomic E-state index is 0.428. The van der Waals surface area contributed by atoms with Gasteiger partial charge in [-0.25, -0.2) is 0 Å². The quantitative estimate of drug-likeness (QED) is 0.750. The maximum Gasteiger partial charge on any atom is 0.165 e. The number of nitrogens with zero attached hydrogens (tertiary/aromatic N) is 3. The number of alkyl halides is 1. The van der Waals surface area contributed by atoms with Crippen LogP contribution in [-0.4, -0.2) is 14.8 Å². The molecule has 0 fully saturated rings. The molecule has 5 heteroatoms. The van der Waals surface area contributed by atoms with Crippen molar-refractivity contribution in [3.8, 4) is 11.5 Å². The first-order chi connectivity index (χ1) is 7.28. The molecule has 0 aliphatic heterocycles. The van der Waals surface area contributed by atoms with Crippen molar-refractivity contribution in [1.82, 2.24) is 14.8 Å². The van der Waals surface area contributed by atoms with Crippen LogP contribution in [0.15, 0.2) is 30.9 Å². The third-order valence-corrected chi connectivity index (χ3v) is 2.15. The van der Waals surface area contributed by atoms with Gasteiger partial charge in [0.25, 0.3) is 0 Å². The second-order valence-corrected chi connectivity index (χ2v) is 3.38. The van der Waals surface area contributed by atoms with E-state index in [2.05, 4.69) is 10.1 Å². The highest BCUT2D eigenvalue weighted by atomic mass is 35.5. The van der Waals surface area contributed by atoms with Gasteiger partial charge in [0.2, 0.25) is 0 Å². The fourth-order valence-corrected chi connectivity index (χ4v) is 1.33. The van der Waals surface area contributed by atoms with Crippen LogP contribution in [0, 0.1) is 0 Å². The summed E-state index contributed by atoms with van der Waals surface area (Å²) in [5.41, 5.74) is 0.929. The van der Waals surface area contributed by atoms with E-state index in [0.717, 1.165) is 5.56 Å². The van der Waals surface area contributed by atoms with Gasteiger partial charge in [-0.15, -0.1) is 11.6 Å². The van der Waals surface area contributed by atoms with Crippen LogP contribution >= 0.6 is 11.6 Å². The summed E-state index contributed by atoms with van der Waals surface area (Å²) in [6.45, 7) is 0. The first-order valence-corrected chi connectivity index (χ1v) is 4.98. The monoisotopic (exact) mass is 223 g/mol.